The number of rotatable bonds is 6. The summed E-state index contributed by atoms with van der Waals surface area (Å²) in [6, 6.07) is 13.2. The molecule has 2 N–H and O–H groups in total. The van der Waals surface area contributed by atoms with Crippen LogP contribution in [0.1, 0.15) is 28.4 Å². The molecule has 0 aliphatic rings. The van der Waals surface area contributed by atoms with Crippen LogP contribution in [0.4, 0.5) is 0 Å². The lowest BCUT2D eigenvalue weighted by atomic mass is 10.1. The average Bonchev–Trinajstić information content (AvgIpc) is 2.65. The van der Waals surface area contributed by atoms with Crippen molar-refractivity contribution in [2.75, 3.05) is 12.9 Å². The Hall–Kier alpha value is -2.47. The lowest BCUT2D eigenvalue weighted by molar-refractivity contribution is -0.123. The lowest BCUT2D eigenvalue weighted by Gasteiger charge is -2.12. The third kappa shape index (κ3) is 5.26. The van der Waals surface area contributed by atoms with Crippen molar-refractivity contribution in [1.29, 1.82) is 0 Å². The van der Waals surface area contributed by atoms with E-state index in [0.717, 1.165) is 22.4 Å². The van der Waals surface area contributed by atoms with Crippen molar-refractivity contribution in [3.8, 4) is 5.75 Å². The number of ether oxygens (including phenoxy) is 1. The summed E-state index contributed by atoms with van der Waals surface area (Å²) in [5.74, 6) is -0.0939. The molecular weight excluding hydrogens is 336 g/mol. The van der Waals surface area contributed by atoms with Crippen molar-refractivity contribution in [2.45, 2.75) is 25.2 Å². The van der Waals surface area contributed by atoms with Gasteiger partial charge in [-0.2, -0.15) is 0 Å². The fourth-order valence-electron chi connectivity index (χ4n) is 2.28. The molecule has 0 aromatic heterocycles. The normalized spacial score (nSPS) is 10.2. The SMILES string of the molecule is CCc1ccccc1OCC(=O)NNC(=O)c1cc(SC)ccc1C. The van der Waals surface area contributed by atoms with Gasteiger partial charge in [0.15, 0.2) is 6.61 Å². The Balaban J connectivity index is 1.88. The van der Waals surface area contributed by atoms with Crippen LogP contribution in [0.2, 0.25) is 0 Å². The van der Waals surface area contributed by atoms with E-state index in [0.29, 0.717) is 11.3 Å². The van der Waals surface area contributed by atoms with E-state index in [1.54, 1.807) is 17.8 Å². The Labute approximate surface area is 152 Å². The van der Waals surface area contributed by atoms with Crippen molar-refractivity contribution in [3.63, 3.8) is 0 Å². The van der Waals surface area contributed by atoms with E-state index < -0.39 is 5.91 Å². The van der Waals surface area contributed by atoms with Gasteiger partial charge in [-0.05, 0) is 48.9 Å². The van der Waals surface area contributed by atoms with Gasteiger partial charge in [-0.15, -0.1) is 11.8 Å². The molecule has 2 aromatic carbocycles. The van der Waals surface area contributed by atoms with Gasteiger partial charge in [0, 0.05) is 10.5 Å². The summed E-state index contributed by atoms with van der Waals surface area (Å²) in [5, 5.41) is 0. The first-order valence-electron chi connectivity index (χ1n) is 7.99. The first-order valence-corrected chi connectivity index (χ1v) is 9.22. The lowest BCUT2D eigenvalue weighted by Crippen LogP contribution is -2.44. The highest BCUT2D eigenvalue weighted by Crippen LogP contribution is 2.19. The van der Waals surface area contributed by atoms with Crippen LogP contribution in [-0.2, 0) is 11.2 Å². The molecule has 25 heavy (non-hydrogen) atoms. The number of carbonyl (C=O) groups excluding carboxylic acids is 2. The Kier molecular flexibility index (Phi) is 6.89. The molecule has 0 radical (unpaired) electrons. The second-order valence-corrected chi connectivity index (χ2v) is 6.31. The van der Waals surface area contributed by atoms with Gasteiger partial charge >= 0.3 is 0 Å². The van der Waals surface area contributed by atoms with E-state index in [1.807, 2.05) is 56.5 Å². The summed E-state index contributed by atoms with van der Waals surface area (Å²) >= 11 is 1.56. The van der Waals surface area contributed by atoms with Gasteiger partial charge in [-0.3, -0.25) is 20.4 Å². The van der Waals surface area contributed by atoms with Crippen LogP contribution in [0.15, 0.2) is 47.4 Å². The van der Waals surface area contributed by atoms with E-state index in [2.05, 4.69) is 10.9 Å². The van der Waals surface area contributed by atoms with E-state index in [4.69, 9.17) is 4.74 Å². The first-order chi connectivity index (χ1) is 12.0. The highest BCUT2D eigenvalue weighted by Gasteiger charge is 2.12. The molecule has 2 aromatic rings. The molecule has 2 amide bonds. The number of benzene rings is 2. The Morgan fingerprint density at radius 1 is 1.12 bits per heavy atom. The average molecular weight is 358 g/mol. The monoisotopic (exact) mass is 358 g/mol. The minimum Gasteiger partial charge on any atom is -0.483 e. The smallest absolute Gasteiger partial charge is 0.276 e. The molecule has 0 spiro atoms. The zero-order valence-corrected chi connectivity index (χ0v) is 15.4. The number of hydrogen-bond donors (Lipinski definition) is 2. The van der Waals surface area contributed by atoms with Crippen LogP contribution >= 0.6 is 11.8 Å². The molecule has 0 fully saturated rings. The second kappa shape index (κ2) is 9.13. The highest BCUT2D eigenvalue weighted by atomic mass is 32.2. The van der Waals surface area contributed by atoms with Gasteiger partial charge < -0.3 is 4.74 Å². The standard InChI is InChI=1S/C19H22N2O3S/c1-4-14-7-5-6-8-17(14)24-12-18(22)20-21-19(23)16-11-15(25-3)10-9-13(16)2/h5-11H,4,12H2,1-3H3,(H,20,22)(H,21,23). The topological polar surface area (TPSA) is 67.4 Å². The molecular formula is C19H22N2O3S. The van der Waals surface area contributed by atoms with Crippen LogP contribution in [-0.4, -0.2) is 24.7 Å². The summed E-state index contributed by atoms with van der Waals surface area (Å²) in [4.78, 5) is 25.1. The Morgan fingerprint density at radius 2 is 1.88 bits per heavy atom. The fraction of sp³-hybridized carbons (Fsp3) is 0.263. The zero-order chi connectivity index (χ0) is 18.2. The van der Waals surface area contributed by atoms with E-state index >= 15 is 0 Å². The molecule has 0 aliphatic heterocycles. The molecule has 2 rings (SSSR count). The highest BCUT2D eigenvalue weighted by molar-refractivity contribution is 7.98. The molecule has 0 heterocycles. The molecule has 0 saturated carbocycles. The van der Waals surface area contributed by atoms with Crippen LogP contribution in [0.5, 0.6) is 5.75 Å². The quantitative estimate of drug-likeness (QED) is 0.615. The number of hydrogen-bond acceptors (Lipinski definition) is 4. The van der Waals surface area contributed by atoms with Crippen LogP contribution in [0, 0.1) is 6.92 Å². The molecule has 0 unspecified atom stereocenters. The summed E-state index contributed by atoms with van der Waals surface area (Å²) in [6.07, 6.45) is 2.76. The summed E-state index contributed by atoms with van der Waals surface area (Å²) < 4.78 is 5.52. The molecule has 5 nitrogen and oxygen atoms in total. The number of amides is 2. The molecule has 6 heteroatoms. The third-order valence-electron chi connectivity index (χ3n) is 3.72. The maximum absolute atomic E-state index is 12.2. The summed E-state index contributed by atoms with van der Waals surface area (Å²) in [6.45, 7) is 3.71. The van der Waals surface area contributed by atoms with Crippen molar-refractivity contribution < 1.29 is 14.3 Å². The van der Waals surface area contributed by atoms with Crippen molar-refractivity contribution in [2.24, 2.45) is 0 Å². The molecule has 0 atom stereocenters. The van der Waals surface area contributed by atoms with Crippen LogP contribution in [0.25, 0.3) is 0 Å². The Morgan fingerprint density at radius 3 is 2.60 bits per heavy atom. The minimum atomic E-state index is -0.419. The predicted molar refractivity (Wildman–Crippen MR) is 99.9 cm³/mol. The maximum Gasteiger partial charge on any atom is 0.276 e. The second-order valence-electron chi connectivity index (χ2n) is 5.43. The largest absolute Gasteiger partial charge is 0.483 e. The first kappa shape index (κ1) is 18.9. The number of carbonyl (C=O) groups is 2. The fourth-order valence-corrected chi connectivity index (χ4v) is 2.72. The molecule has 0 saturated heterocycles. The maximum atomic E-state index is 12.2. The van der Waals surface area contributed by atoms with Crippen LogP contribution < -0.4 is 15.6 Å². The van der Waals surface area contributed by atoms with Crippen molar-refractivity contribution >= 4 is 23.6 Å². The van der Waals surface area contributed by atoms with Gasteiger partial charge in [0.1, 0.15) is 5.75 Å². The molecule has 0 aliphatic carbocycles. The summed E-state index contributed by atoms with van der Waals surface area (Å²) in [7, 11) is 0. The zero-order valence-electron chi connectivity index (χ0n) is 14.6. The van der Waals surface area contributed by atoms with Gasteiger partial charge in [-0.1, -0.05) is 31.2 Å². The number of thioether (sulfide) groups is 1. The van der Waals surface area contributed by atoms with E-state index in [1.165, 1.54) is 0 Å². The number of nitrogens with one attached hydrogen (secondary N) is 2. The molecule has 132 valence electrons. The van der Waals surface area contributed by atoms with Crippen LogP contribution in [0.3, 0.4) is 0 Å². The van der Waals surface area contributed by atoms with Crippen molar-refractivity contribution in [3.05, 3.63) is 59.2 Å². The van der Waals surface area contributed by atoms with E-state index in [-0.39, 0.29) is 12.5 Å². The third-order valence-corrected chi connectivity index (χ3v) is 4.44. The van der Waals surface area contributed by atoms with Gasteiger partial charge in [-0.25, -0.2) is 0 Å². The van der Waals surface area contributed by atoms with Gasteiger partial charge in [0.25, 0.3) is 11.8 Å². The minimum absolute atomic E-state index is 0.166. The number of hydrazine groups is 1. The van der Waals surface area contributed by atoms with Crippen molar-refractivity contribution in [1.82, 2.24) is 10.9 Å². The number of aryl methyl sites for hydroxylation is 2. The van der Waals surface area contributed by atoms with E-state index in [9.17, 15) is 9.59 Å². The van der Waals surface area contributed by atoms with Gasteiger partial charge in [0.05, 0.1) is 0 Å². The van der Waals surface area contributed by atoms with Gasteiger partial charge in [0.2, 0.25) is 0 Å². The molecule has 0 bridgehead atoms. The number of para-hydroxylation sites is 1. The summed E-state index contributed by atoms with van der Waals surface area (Å²) in [5.41, 5.74) is 7.22. The predicted octanol–water partition coefficient (Wildman–Crippen LogP) is 3.12. The Bertz CT molecular complexity index is 762.